The van der Waals surface area contributed by atoms with Crippen molar-refractivity contribution in [2.75, 3.05) is 25.7 Å². The van der Waals surface area contributed by atoms with Crippen molar-refractivity contribution in [3.05, 3.63) is 48.5 Å². The third kappa shape index (κ3) is 3.83. The number of methoxy groups -OCH3 is 1. The van der Waals surface area contributed by atoms with Crippen molar-refractivity contribution < 1.29 is 19.4 Å². The van der Waals surface area contributed by atoms with Crippen molar-refractivity contribution in [1.82, 2.24) is 9.97 Å². The average Bonchev–Trinajstić information content (AvgIpc) is 2.66. The van der Waals surface area contributed by atoms with Crippen LogP contribution in [0.3, 0.4) is 0 Å². The molecular formula is C19H19N3O4. The monoisotopic (exact) mass is 353 g/mol. The summed E-state index contributed by atoms with van der Waals surface area (Å²) >= 11 is 0. The van der Waals surface area contributed by atoms with Gasteiger partial charge >= 0.3 is 12.0 Å². The summed E-state index contributed by atoms with van der Waals surface area (Å²) in [6.07, 6.45) is -0.111. The van der Waals surface area contributed by atoms with Gasteiger partial charge in [-0.3, -0.25) is 4.79 Å². The maximum absolute atomic E-state index is 10.7. The number of carboxylic acids is 1. The van der Waals surface area contributed by atoms with E-state index in [1.54, 1.807) is 7.11 Å². The lowest BCUT2D eigenvalue weighted by Gasteiger charge is -2.21. The van der Waals surface area contributed by atoms with E-state index in [9.17, 15) is 4.79 Å². The average molecular weight is 353 g/mol. The van der Waals surface area contributed by atoms with E-state index < -0.39 is 5.97 Å². The molecule has 7 nitrogen and oxygen atoms in total. The van der Waals surface area contributed by atoms with E-state index in [1.807, 2.05) is 60.5 Å². The standard InChI is InChI=1S/C19H19N3O4/c1-22(13-7-9-14(25-2)10-8-13)18-15-5-3-4-6-16(15)20-19(21-18)26-12-11-17(23)24/h3-10H,11-12H2,1-2H3,(H,23,24). The Morgan fingerprint density at radius 3 is 2.54 bits per heavy atom. The summed E-state index contributed by atoms with van der Waals surface area (Å²) in [5.74, 6) is 0.514. The van der Waals surface area contributed by atoms with Gasteiger partial charge in [-0.1, -0.05) is 12.1 Å². The number of ether oxygens (including phenoxy) is 2. The van der Waals surface area contributed by atoms with Gasteiger partial charge < -0.3 is 19.5 Å². The molecule has 1 aromatic heterocycles. The molecule has 0 aliphatic carbocycles. The van der Waals surface area contributed by atoms with Gasteiger partial charge in [0.25, 0.3) is 0 Å². The number of hydrogen-bond acceptors (Lipinski definition) is 6. The Morgan fingerprint density at radius 1 is 1.12 bits per heavy atom. The van der Waals surface area contributed by atoms with Gasteiger partial charge in [0.1, 0.15) is 18.2 Å². The highest BCUT2D eigenvalue weighted by atomic mass is 16.5. The molecule has 0 saturated heterocycles. The van der Waals surface area contributed by atoms with E-state index >= 15 is 0 Å². The second-order valence-electron chi connectivity index (χ2n) is 5.60. The molecule has 0 fully saturated rings. The van der Waals surface area contributed by atoms with E-state index in [0.717, 1.165) is 22.3 Å². The minimum absolute atomic E-state index is 0.0133. The zero-order valence-corrected chi connectivity index (χ0v) is 14.5. The molecule has 0 aliphatic heterocycles. The first-order valence-electron chi connectivity index (χ1n) is 8.07. The number of hydrogen-bond donors (Lipinski definition) is 1. The second kappa shape index (κ2) is 7.69. The number of nitrogens with zero attached hydrogens (tertiary/aromatic N) is 3. The number of fused-ring (bicyclic) bond motifs is 1. The van der Waals surface area contributed by atoms with Gasteiger partial charge in [-0.05, 0) is 36.4 Å². The molecule has 1 N–H and O–H groups in total. The van der Waals surface area contributed by atoms with Crippen LogP contribution in [0.25, 0.3) is 10.9 Å². The molecule has 0 unspecified atom stereocenters. The zero-order chi connectivity index (χ0) is 18.5. The van der Waals surface area contributed by atoms with Crippen LogP contribution in [0.5, 0.6) is 11.8 Å². The van der Waals surface area contributed by atoms with E-state index in [2.05, 4.69) is 9.97 Å². The van der Waals surface area contributed by atoms with Crippen molar-refractivity contribution >= 4 is 28.4 Å². The summed E-state index contributed by atoms with van der Waals surface area (Å²) in [5, 5.41) is 9.63. The van der Waals surface area contributed by atoms with Crippen molar-refractivity contribution in [2.24, 2.45) is 0 Å². The van der Waals surface area contributed by atoms with E-state index in [1.165, 1.54) is 0 Å². The second-order valence-corrected chi connectivity index (χ2v) is 5.60. The number of rotatable bonds is 7. The number of aromatic nitrogens is 2. The number of carbonyl (C=O) groups is 1. The third-order valence-electron chi connectivity index (χ3n) is 3.89. The van der Waals surface area contributed by atoms with Crippen LogP contribution in [-0.2, 0) is 4.79 Å². The Hall–Kier alpha value is -3.35. The summed E-state index contributed by atoms with van der Waals surface area (Å²) in [7, 11) is 3.52. The van der Waals surface area contributed by atoms with E-state index in [-0.39, 0.29) is 19.0 Å². The molecule has 0 aliphatic rings. The fraction of sp³-hybridized carbons (Fsp3) is 0.211. The fourth-order valence-electron chi connectivity index (χ4n) is 2.52. The molecule has 3 rings (SSSR count). The Kier molecular flexibility index (Phi) is 5.17. The molecule has 0 bridgehead atoms. The van der Waals surface area contributed by atoms with Crippen LogP contribution in [0.2, 0.25) is 0 Å². The first-order chi connectivity index (χ1) is 12.6. The highest BCUT2D eigenvalue weighted by molar-refractivity contribution is 5.91. The summed E-state index contributed by atoms with van der Waals surface area (Å²) in [6.45, 7) is 0.0133. The Bertz CT molecular complexity index is 912. The molecule has 2 aromatic carbocycles. The number of aliphatic carboxylic acids is 1. The fourth-order valence-corrected chi connectivity index (χ4v) is 2.52. The molecule has 7 heteroatoms. The van der Waals surface area contributed by atoms with Gasteiger partial charge in [0.2, 0.25) is 0 Å². The zero-order valence-electron chi connectivity index (χ0n) is 14.5. The normalized spacial score (nSPS) is 10.5. The van der Waals surface area contributed by atoms with Crippen molar-refractivity contribution in [2.45, 2.75) is 6.42 Å². The molecule has 134 valence electrons. The molecular weight excluding hydrogens is 334 g/mol. The predicted octanol–water partition coefficient (Wildman–Crippen LogP) is 3.26. The van der Waals surface area contributed by atoms with Gasteiger partial charge in [0.15, 0.2) is 0 Å². The van der Waals surface area contributed by atoms with Crippen LogP contribution in [0.4, 0.5) is 11.5 Å². The Morgan fingerprint density at radius 2 is 1.85 bits per heavy atom. The molecule has 0 saturated carbocycles. The number of para-hydroxylation sites is 1. The lowest BCUT2D eigenvalue weighted by atomic mass is 10.2. The van der Waals surface area contributed by atoms with E-state index in [0.29, 0.717) is 5.82 Å². The van der Waals surface area contributed by atoms with Gasteiger partial charge in [-0.25, -0.2) is 0 Å². The Labute approximate surface area is 150 Å². The third-order valence-corrected chi connectivity index (χ3v) is 3.89. The largest absolute Gasteiger partial charge is 0.497 e. The van der Waals surface area contributed by atoms with Gasteiger partial charge in [0, 0.05) is 18.1 Å². The topological polar surface area (TPSA) is 84.8 Å². The summed E-state index contributed by atoms with van der Waals surface area (Å²) < 4.78 is 10.6. The van der Waals surface area contributed by atoms with Crippen molar-refractivity contribution in [1.29, 1.82) is 0 Å². The lowest BCUT2D eigenvalue weighted by molar-refractivity contribution is -0.137. The molecule has 0 amide bonds. The Balaban J connectivity index is 1.97. The number of benzene rings is 2. The molecule has 26 heavy (non-hydrogen) atoms. The quantitative estimate of drug-likeness (QED) is 0.698. The minimum Gasteiger partial charge on any atom is -0.497 e. The van der Waals surface area contributed by atoms with Gasteiger partial charge in [-0.2, -0.15) is 9.97 Å². The van der Waals surface area contributed by atoms with Crippen LogP contribution in [0.1, 0.15) is 6.42 Å². The van der Waals surface area contributed by atoms with Gasteiger partial charge in [0.05, 0.1) is 19.0 Å². The molecule has 0 radical (unpaired) electrons. The minimum atomic E-state index is -0.929. The van der Waals surface area contributed by atoms with E-state index in [4.69, 9.17) is 14.6 Å². The van der Waals surface area contributed by atoms with Crippen LogP contribution >= 0.6 is 0 Å². The lowest BCUT2D eigenvalue weighted by Crippen LogP contribution is -2.14. The molecule has 0 spiro atoms. The molecule has 3 aromatic rings. The first-order valence-corrected chi connectivity index (χ1v) is 8.07. The predicted molar refractivity (Wildman–Crippen MR) is 98.3 cm³/mol. The maximum Gasteiger partial charge on any atom is 0.318 e. The summed E-state index contributed by atoms with van der Waals surface area (Å²) in [5.41, 5.74) is 1.65. The first kappa shape index (κ1) is 17.5. The van der Waals surface area contributed by atoms with Crippen molar-refractivity contribution in [3.8, 4) is 11.8 Å². The summed E-state index contributed by atoms with van der Waals surface area (Å²) in [4.78, 5) is 21.4. The molecule has 0 atom stereocenters. The maximum atomic E-state index is 10.7. The highest BCUT2D eigenvalue weighted by Gasteiger charge is 2.14. The van der Waals surface area contributed by atoms with Gasteiger partial charge in [-0.15, -0.1) is 0 Å². The SMILES string of the molecule is COc1ccc(N(C)c2nc(OCCC(=O)O)nc3ccccc23)cc1. The number of carboxylic acid groups (broad SMARTS) is 1. The molecule has 1 heterocycles. The summed E-state index contributed by atoms with van der Waals surface area (Å²) in [6, 6.07) is 15.4. The smallest absolute Gasteiger partial charge is 0.318 e. The highest BCUT2D eigenvalue weighted by Crippen LogP contribution is 2.31. The van der Waals surface area contributed by atoms with Crippen LogP contribution in [0.15, 0.2) is 48.5 Å². The van der Waals surface area contributed by atoms with Crippen LogP contribution < -0.4 is 14.4 Å². The van der Waals surface area contributed by atoms with Crippen LogP contribution in [-0.4, -0.2) is 41.8 Å². The number of anilines is 2. The van der Waals surface area contributed by atoms with Crippen molar-refractivity contribution in [3.63, 3.8) is 0 Å². The van der Waals surface area contributed by atoms with Crippen LogP contribution in [0, 0.1) is 0 Å².